The van der Waals surface area contributed by atoms with Crippen LogP contribution < -0.4 is 9.47 Å². The van der Waals surface area contributed by atoms with E-state index in [2.05, 4.69) is 40.8 Å². The van der Waals surface area contributed by atoms with Gasteiger partial charge in [-0.25, -0.2) is 0 Å². The Morgan fingerprint density at radius 1 is 1.04 bits per heavy atom. The topological polar surface area (TPSA) is 42.0 Å². The first-order valence-corrected chi connectivity index (χ1v) is 9.16. The summed E-state index contributed by atoms with van der Waals surface area (Å²) in [5.74, 6) is -0.113. The van der Waals surface area contributed by atoms with Crippen LogP contribution in [0.25, 0.3) is 0 Å². The molecule has 0 spiro atoms. The number of ether oxygens (including phenoxy) is 2. The van der Waals surface area contributed by atoms with E-state index in [0.29, 0.717) is 18.7 Å². The fourth-order valence-electron chi connectivity index (χ4n) is 3.24. The van der Waals surface area contributed by atoms with Crippen LogP contribution in [0.15, 0.2) is 42.5 Å². The summed E-state index contributed by atoms with van der Waals surface area (Å²) in [7, 11) is 1.35. The van der Waals surface area contributed by atoms with E-state index in [4.69, 9.17) is 4.74 Å². The molecule has 1 saturated heterocycles. The van der Waals surface area contributed by atoms with Gasteiger partial charge in [0, 0.05) is 38.3 Å². The molecule has 0 aromatic heterocycles. The Morgan fingerprint density at radius 2 is 1.71 bits per heavy atom. The highest BCUT2D eigenvalue weighted by Crippen LogP contribution is 2.30. The van der Waals surface area contributed by atoms with Gasteiger partial charge < -0.3 is 14.4 Å². The standard InChI is InChI=1S/C21H24F2N2O3/c1-15-3-5-16(6-4-15)14-24-9-11-25(12-10-24)20(26)17-7-8-18(28-21(22)23)19(13-17)27-2/h3-8,13,21H,9-12,14H2,1-2H3. The van der Waals surface area contributed by atoms with Gasteiger partial charge in [0.15, 0.2) is 11.5 Å². The Morgan fingerprint density at radius 3 is 2.32 bits per heavy atom. The minimum atomic E-state index is -2.95. The highest BCUT2D eigenvalue weighted by atomic mass is 19.3. The first-order valence-electron chi connectivity index (χ1n) is 9.16. The molecule has 2 aromatic carbocycles. The van der Waals surface area contributed by atoms with Gasteiger partial charge in [-0.2, -0.15) is 8.78 Å². The molecule has 1 fully saturated rings. The van der Waals surface area contributed by atoms with Gasteiger partial charge >= 0.3 is 6.61 Å². The largest absolute Gasteiger partial charge is 0.493 e. The van der Waals surface area contributed by atoms with Gasteiger partial charge in [-0.05, 0) is 30.7 Å². The molecule has 150 valence electrons. The van der Waals surface area contributed by atoms with Crippen molar-refractivity contribution in [2.75, 3.05) is 33.3 Å². The monoisotopic (exact) mass is 390 g/mol. The molecular weight excluding hydrogens is 366 g/mol. The lowest BCUT2D eigenvalue weighted by Gasteiger charge is -2.35. The van der Waals surface area contributed by atoms with Crippen molar-refractivity contribution in [3.8, 4) is 11.5 Å². The summed E-state index contributed by atoms with van der Waals surface area (Å²) in [5.41, 5.74) is 2.88. The van der Waals surface area contributed by atoms with Crippen LogP contribution in [0, 0.1) is 6.92 Å². The number of aryl methyl sites for hydroxylation is 1. The lowest BCUT2D eigenvalue weighted by Crippen LogP contribution is -2.48. The number of nitrogens with zero attached hydrogens (tertiary/aromatic N) is 2. The third kappa shape index (κ3) is 4.98. The third-order valence-electron chi connectivity index (χ3n) is 4.81. The molecule has 1 aliphatic heterocycles. The molecule has 1 aliphatic rings. The maximum absolute atomic E-state index is 12.8. The number of alkyl halides is 2. The van der Waals surface area contributed by atoms with Gasteiger partial charge in [-0.1, -0.05) is 29.8 Å². The number of amides is 1. The molecular formula is C21H24F2N2O3. The fraction of sp³-hybridized carbons (Fsp3) is 0.381. The number of hydrogen-bond donors (Lipinski definition) is 0. The van der Waals surface area contributed by atoms with E-state index in [1.54, 1.807) is 4.90 Å². The third-order valence-corrected chi connectivity index (χ3v) is 4.81. The van der Waals surface area contributed by atoms with Gasteiger partial charge in [-0.3, -0.25) is 9.69 Å². The molecule has 0 aliphatic carbocycles. The predicted molar refractivity (Wildman–Crippen MR) is 102 cm³/mol. The van der Waals surface area contributed by atoms with Crippen molar-refractivity contribution in [1.82, 2.24) is 9.80 Å². The summed E-state index contributed by atoms with van der Waals surface area (Å²) in [6.45, 7) is 2.76. The van der Waals surface area contributed by atoms with E-state index < -0.39 is 6.61 Å². The minimum absolute atomic E-state index is 0.0861. The first-order chi connectivity index (χ1) is 13.5. The highest BCUT2D eigenvalue weighted by molar-refractivity contribution is 5.95. The summed E-state index contributed by atoms with van der Waals surface area (Å²) < 4.78 is 34.4. The zero-order valence-electron chi connectivity index (χ0n) is 16.0. The van der Waals surface area contributed by atoms with Crippen molar-refractivity contribution < 1.29 is 23.0 Å². The maximum Gasteiger partial charge on any atom is 0.387 e. The second-order valence-corrected chi connectivity index (χ2v) is 6.80. The van der Waals surface area contributed by atoms with Crippen molar-refractivity contribution in [3.05, 3.63) is 59.2 Å². The Hall–Kier alpha value is -2.67. The van der Waals surface area contributed by atoms with Crippen molar-refractivity contribution in [1.29, 1.82) is 0 Å². The van der Waals surface area contributed by atoms with E-state index in [0.717, 1.165) is 19.6 Å². The van der Waals surface area contributed by atoms with Crippen molar-refractivity contribution >= 4 is 5.91 Å². The lowest BCUT2D eigenvalue weighted by atomic mass is 10.1. The van der Waals surface area contributed by atoms with Crippen LogP contribution in [0.2, 0.25) is 0 Å². The van der Waals surface area contributed by atoms with Crippen molar-refractivity contribution in [2.24, 2.45) is 0 Å². The molecule has 1 heterocycles. The smallest absolute Gasteiger partial charge is 0.387 e. The molecule has 1 amide bonds. The SMILES string of the molecule is COc1cc(C(=O)N2CCN(Cc3ccc(C)cc3)CC2)ccc1OC(F)F. The number of rotatable bonds is 6. The number of methoxy groups -OCH3 is 1. The maximum atomic E-state index is 12.8. The zero-order valence-corrected chi connectivity index (χ0v) is 16.0. The number of halogens is 2. The molecule has 0 atom stereocenters. The van der Waals surface area contributed by atoms with Crippen LogP contribution in [-0.2, 0) is 6.54 Å². The molecule has 5 nitrogen and oxygen atoms in total. The fourth-order valence-corrected chi connectivity index (χ4v) is 3.24. The second kappa shape index (κ2) is 9.01. The van der Waals surface area contributed by atoms with Gasteiger partial charge in [0.1, 0.15) is 0 Å². The molecule has 0 radical (unpaired) electrons. The van der Waals surface area contributed by atoms with Crippen LogP contribution in [-0.4, -0.2) is 55.6 Å². The van der Waals surface area contributed by atoms with E-state index in [1.807, 2.05) is 0 Å². The second-order valence-electron chi connectivity index (χ2n) is 6.80. The molecule has 0 unspecified atom stereocenters. The van der Waals surface area contributed by atoms with Crippen LogP contribution in [0.1, 0.15) is 21.5 Å². The Balaban J connectivity index is 1.59. The number of hydrogen-bond acceptors (Lipinski definition) is 4. The summed E-state index contributed by atoms with van der Waals surface area (Å²) in [6, 6.07) is 12.7. The molecule has 0 N–H and O–H groups in total. The summed E-state index contributed by atoms with van der Waals surface area (Å²) in [4.78, 5) is 16.9. The Kier molecular flexibility index (Phi) is 6.46. The number of benzene rings is 2. The van der Waals surface area contributed by atoms with Gasteiger partial charge in [0.05, 0.1) is 7.11 Å². The number of carbonyl (C=O) groups excluding carboxylic acids is 1. The van der Waals surface area contributed by atoms with E-state index in [-0.39, 0.29) is 17.4 Å². The van der Waals surface area contributed by atoms with E-state index >= 15 is 0 Å². The van der Waals surface area contributed by atoms with Crippen LogP contribution in [0.3, 0.4) is 0 Å². The van der Waals surface area contributed by atoms with Crippen LogP contribution in [0.5, 0.6) is 11.5 Å². The quantitative estimate of drug-likeness (QED) is 0.756. The van der Waals surface area contributed by atoms with Gasteiger partial charge in [0.2, 0.25) is 0 Å². The molecule has 7 heteroatoms. The van der Waals surface area contributed by atoms with Crippen LogP contribution >= 0.6 is 0 Å². The van der Waals surface area contributed by atoms with Crippen LogP contribution in [0.4, 0.5) is 8.78 Å². The zero-order chi connectivity index (χ0) is 20.1. The number of carbonyl (C=O) groups is 1. The lowest BCUT2D eigenvalue weighted by molar-refractivity contribution is -0.0512. The molecule has 28 heavy (non-hydrogen) atoms. The van der Waals surface area contributed by atoms with Gasteiger partial charge in [0.25, 0.3) is 5.91 Å². The number of piperazine rings is 1. The molecule has 3 rings (SSSR count). The van der Waals surface area contributed by atoms with Crippen molar-refractivity contribution in [3.63, 3.8) is 0 Å². The Labute approximate surface area is 163 Å². The summed E-state index contributed by atoms with van der Waals surface area (Å²) >= 11 is 0. The normalized spacial score (nSPS) is 15.0. The highest BCUT2D eigenvalue weighted by Gasteiger charge is 2.23. The summed E-state index contributed by atoms with van der Waals surface area (Å²) in [6.07, 6.45) is 0. The molecule has 0 bridgehead atoms. The molecule has 0 saturated carbocycles. The van der Waals surface area contributed by atoms with Crippen molar-refractivity contribution in [2.45, 2.75) is 20.1 Å². The van der Waals surface area contributed by atoms with E-state index in [1.165, 1.54) is 36.4 Å². The molecule has 2 aromatic rings. The van der Waals surface area contributed by atoms with Gasteiger partial charge in [-0.15, -0.1) is 0 Å². The van der Waals surface area contributed by atoms with E-state index in [9.17, 15) is 13.6 Å². The predicted octanol–water partition coefficient (Wildman–Crippen LogP) is 3.56. The average molecular weight is 390 g/mol. The summed E-state index contributed by atoms with van der Waals surface area (Å²) in [5, 5.41) is 0. The average Bonchev–Trinajstić information content (AvgIpc) is 2.69. The minimum Gasteiger partial charge on any atom is -0.493 e. The Bertz CT molecular complexity index is 804. The first kappa shape index (κ1) is 20.1.